The van der Waals surface area contributed by atoms with E-state index in [2.05, 4.69) is 36.2 Å². The molecule has 5 atom stereocenters. The number of aromatic amines is 2. The summed E-state index contributed by atoms with van der Waals surface area (Å²) in [5.74, 6) is -2.94. The first-order valence-corrected chi connectivity index (χ1v) is 13.7. The number of nitrogens with one attached hydrogen (secondary N) is 6. The SMILES string of the molecule is CCC(C)C(NC(=O)C(Cc1cnc[nH]1)NC(=O)C(Cc1c[nH]c2ccccc12)NC(=O)C1CCCN1)C(=O)O. The number of amides is 3. The zero-order chi connectivity index (χ0) is 28.6. The highest BCUT2D eigenvalue weighted by Crippen LogP contribution is 2.20. The van der Waals surface area contributed by atoms with E-state index < -0.39 is 42.0 Å². The summed E-state index contributed by atoms with van der Waals surface area (Å²) in [4.78, 5) is 62.1. The Hall–Kier alpha value is -4.19. The number of H-pyrrole nitrogens is 2. The van der Waals surface area contributed by atoms with Crippen LogP contribution in [0.4, 0.5) is 0 Å². The summed E-state index contributed by atoms with van der Waals surface area (Å²) < 4.78 is 0. The lowest BCUT2D eigenvalue weighted by molar-refractivity contribution is -0.143. The molecule has 40 heavy (non-hydrogen) atoms. The Bertz CT molecular complexity index is 1320. The third kappa shape index (κ3) is 7.06. The van der Waals surface area contributed by atoms with Crippen molar-refractivity contribution >= 4 is 34.6 Å². The molecule has 2 aromatic heterocycles. The Labute approximate surface area is 232 Å². The second-order valence-corrected chi connectivity index (χ2v) is 10.3. The molecule has 0 saturated carbocycles. The van der Waals surface area contributed by atoms with Gasteiger partial charge in [-0.05, 0) is 36.9 Å². The highest BCUT2D eigenvalue weighted by Gasteiger charge is 2.33. The number of fused-ring (bicyclic) bond motifs is 1. The monoisotopic (exact) mass is 551 g/mol. The van der Waals surface area contributed by atoms with Gasteiger partial charge < -0.3 is 36.3 Å². The number of imidazole rings is 1. The topological polar surface area (TPSA) is 181 Å². The van der Waals surface area contributed by atoms with Crippen LogP contribution in [0.2, 0.25) is 0 Å². The minimum absolute atomic E-state index is 0.0579. The first-order chi connectivity index (χ1) is 19.3. The van der Waals surface area contributed by atoms with Crippen molar-refractivity contribution in [2.24, 2.45) is 5.92 Å². The van der Waals surface area contributed by atoms with Crippen LogP contribution in [0.25, 0.3) is 10.9 Å². The van der Waals surface area contributed by atoms with Crippen LogP contribution in [-0.4, -0.2) is 74.5 Å². The molecule has 1 aromatic carbocycles. The maximum Gasteiger partial charge on any atom is 0.326 e. The van der Waals surface area contributed by atoms with E-state index >= 15 is 0 Å². The number of aromatic nitrogens is 3. The molecule has 5 unspecified atom stereocenters. The third-order valence-corrected chi connectivity index (χ3v) is 7.50. The maximum atomic E-state index is 13.7. The average molecular weight is 552 g/mol. The van der Waals surface area contributed by atoms with Crippen LogP contribution >= 0.6 is 0 Å². The van der Waals surface area contributed by atoms with Gasteiger partial charge in [-0.3, -0.25) is 14.4 Å². The molecule has 1 saturated heterocycles. The normalized spacial score (nSPS) is 18.0. The Morgan fingerprint density at radius 3 is 2.48 bits per heavy atom. The maximum absolute atomic E-state index is 13.7. The molecule has 1 aliphatic rings. The average Bonchev–Trinajstić information content (AvgIpc) is 3.73. The van der Waals surface area contributed by atoms with Gasteiger partial charge in [-0.25, -0.2) is 9.78 Å². The highest BCUT2D eigenvalue weighted by atomic mass is 16.4. The van der Waals surface area contributed by atoms with Crippen molar-refractivity contribution < 1.29 is 24.3 Å². The number of para-hydroxylation sites is 1. The van der Waals surface area contributed by atoms with Crippen molar-refractivity contribution in [3.63, 3.8) is 0 Å². The third-order valence-electron chi connectivity index (χ3n) is 7.50. The standard InChI is InChI=1S/C28H37N7O5/c1-3-16(2)24(28(39)40)35-27(38)23(12-18-14-29-15-32-18)34-26(37)22(33-25(36)21-9-6-10-30-21)11-17-13-31-20-8-5-4-7-19(17)20/h4-5,7-8,13-16,21-24,30-31H,3,6,9-12H2,1-2H3,(H,29,32)(H,33,36)(H,34,37)(H,35,38)(H,39,40). The van der Waals surface area contributed by atoms with Gasteiger partial charge in [0.2, 0.25) is 17.7 Å². The summed E-state index contributed by atoms with van der Waals surface area (Å²) in [5, 5.41) is 22.0. The summed E-state index contributed by atoms with van der Waals surface area (Å²) in [6.45, 7) is 4.31. The van der Waals surface area contributed by atoms with Gasteiger partial charge in [0.05, 0.1) is 12.4 Å². The van der Waals surface area contributed by atoms with E-state index in [0.717, 1.165) is 29.4 Å². The van der Waals surface area contributed by atoms with Crippen LogP contribution < -0.4 is 21.3 Å². The van der Waals surface area contributed by atoms with E-state index in [4.69, 9.17) is 0 Å². The second kappa shape index (κ2) is 13.2. The van der Waals surface area contributed by atoms with Crippen LogP contribution in [0.3, 0.4) is 0 Å². The van der Waals surface area contributed by atoms with Crippen molar-refractivity contribution in [2.75, 3.05) is 6.54 Å². The molecule has 214 valence electrons. The predicted octanol–water partition coefficient (Wildman–Crippen LogP) is 1.01. The molecule has 7 N–H and O–H groups in total. The van der Waals surface area contributed by atoms with E-state index in [9.17, 15) is 24.3 Å². The van der Waals surface area contributed by atoms with Crippen molar-refractivity contribution in [1.82, 2.24) is 36.2 Å². The summed E-state index contributed by atoms with van der Waals surface area (Å²) in [6, 6.07) is 4.08. The molecule has 1 fully saturated rings. The van der Waals surface area contributed by atoms with Gasteiger partial charge in [0.15, 0.2) is 0 Å². The molecule has 3 amide bonds. The van der Waals surface area contributed by atoms with E-state index in [1.54, 1.807) is 6.92 Å². The van der Waals surface area contributed by atoms with Crippen LogP contribution in [0, 0.1) is 5.92 Å². The molecule has 0 bridgehead atoms. The quantitative estimate of drug-likeness (QED) is 0.165. The smallest absolute Gasteiger partial charge is 0.326 e. The lowest BCUT2D eigenvalue weighted by atomic mass is 9.98. The van der Waals surface area contributed by atoms with Gasteiger partial charge in [0.25, 0.3) is 0 Å². The van der Waals surface area contributed by atoms with Crippen molar-refractivity contribution in [2.45, 2.75) is 70.1 Å². The Kier molecular flexibility index (Phi) is 9.54. The minimum Gasteiger partial charge on any atom is -0.480 e. The number of hydrogen-bond acceptors (Lipinski definition) is 6. The number of nitrogens with zero attached hydrogens (tertiary/aromatic N) is 1. The molecule has 0 radical (unpaired) electrons. The molecule has 0 spiro atoms. The number of rotatable bonds is 13. The molecular weight excluding hydrogens is 514 g/mol. The van der Waals surface area contributed by atoms with Crippen LogP contribution in [0.5, 0.6) is 0 Å². The molecule has 12 nitrogen and oxygen atoms in total. The number of benzene rings is 1. The first-order valence-electron chi connectivity index (χ1n) is 13.7. The van der Waals surface area contributed by atoms with Gasteiger partial charge in [-0.15, -0.1) is 0 Å². The Morgan fingerprint density at radius 2 is 1.80 bits per heavy atom. The summed E-state index contributed by atoms with van der Waals surface area (Å²) in [6.07, 6.45) is 7.13. The number of hydrogen-bond donors (Lipinski definition) is 7. The van der Waals surface area contributed by atoms with E-state index in [1.807, 2.05) is 37.4 Å². The van der Waals surface area contributed by atoms with Crippen molar-refractivity contribution in [3.8, 4) is 0 Å². The highest BCUT2D eigenvalue weighted by molar-refractivity contribution is 5.95. The summed E-state index contributed by atoms with van der Waals surface area (Å²) in [5.41, 5.74) is 2.33. The number of aliphatic carboxylic acids is 1. The molecule has 12 heteroatoms. The fourth-order valence-corrected chi connectivity index (χ4v) is 4.95. The van der Waals surface area contributed by atoms with Crippen molar-refractivity contribution in [1.29, 1.82) is 0 Å². The summed E-state index contributed by atoms with van der Waals surface area (Å²) in [7, 11) is 0. The van der Waals surface area contributed by atoms with Crippen LogP contribution in [0.1, 0.15) is 44.4 Å². The van der Waals surface area contributed by atoms with Crippen LogP contribution in [-0.2, 0) is 32.0 Å². The van der Waals surface area contributed by atoms with E-state index in [1.165, 1.54) is 12.5 Å². The van der Waals surface area contributed by atoms with Gasteiger partial charge in [0.1, 0.15) is 18.1 Å². The van der Waals surface area contributed by atoms with Gasteiger partial charge >= 0.3 is 5.97 Å². The Balaban J connectivity index is 1.57. The van der Waals surface area contributed by atoms with Crippen molar-refractivity contribution in [3.05, 3.63) is 54.2 Å². The molecule has 3 heterocycles. The number of carbonyl (C=O) groups excluding carboxylic acids is 3. The zero-order valence-electron chi connectivity index (χ0n) is 22.7. The number of carboxylic acid groups (broad SMARTS) is 1. The lowest BCUT2D eigenvalue weighted by Gasteiger charge is -2.26. The van der Waals surface area contributed by atoms with E-state index in [-0.39, 0.29) is 24.7 Å². The molecule has 0 aliphatic carbocycles. The van der Waals surface area contributed by atoms with Gasteiger partial charge in [-0.2, -0.15) is 0 Å². The van der Waals surface area contributed by atoms with E-state index in [0.29, 0.717) is 18.5 Å². The molecular formula is C28H37N7O5. The second-order valence-electron chi connectivity index (χ2n) is 10.3. The first kappa shape index (κ1) is 28.8. The predicted molar refractivity (Wildman–Crippen MR) is 148 cm³/mol. The van der Waals surface area contributed by atoms with Gasteiger partial charge in [-0.1, -0.05) is 38.5 Å². The molecule has 3 aromatic rings. The van der Waals surface area contributed by atoms with Gasteiger partial charge in [0, 0.05) is 41.8 Å². The molecule has 4 rings (SSSR count). The summed E-state index contributed by atoms with van der Waals surface area (Å²) >= 11 is 0. The zero-order valence-corrected chi connectivity index (χ0v) is 22.7. The number of carboxylic acids is 1. The van der Waals surface area contributed by atoms with Crippen LogP contribution in [0.15, 0.2) is 43.0 Å². The molecule has 1 aliphatic heterocycles. The lowest BCUT2D eigenvalue weighted by Crippen LogP contribution is -2.58. The number of carbonyl (C=O) groups is 4. The minimum atomic E-state index is -1.15. The fraction of sp³-hybridized carbons (Fsp3) is 0.464. The largest absolute Gasteiger partial charge is 0.480 e. The fourth-order valence-electron chi connectivity index (χ4n) is 4.95. The Morgan fingerprint density at radius 1 is 1.05 bits per heavy atom.